The molecule has 22 heavy (non-hydrogen) atoms. The second kappa shape index (κ2) is 5.21. The molecule has 0 radical (unpaired) electrons. The van der Waals surface area contributed by atoms with Gasteiger partial charge in [0.25, 0.3) is 5.91 Å². The lowest BCUT2D eigenvalue weighted by molar-refractivity contribution is -0.120. The number of amides is 3. The van der Waals surface area contributed by atoms with Crippen molar-refractivity contribution in [3.8, 4) is 11.1 Å². The van der Waals surface area contributed by atoms with Crippen LogP contribution in [0.3, 0.4) is 0 Å². The van der Waals surface area contributed by atoms with Gasteiger partial charge in [0, 0.05) is 11.8 Å². The Labute approximate surface area is 124 Å². The van der Waals surface area contributed by atoms with Crippen molar-refractivity contribution in [1.82, 2.24) is 20.4 Å². The molecule has 0 aliphatic carbocycles. The standard InChI is InChI=1S/C14H12F2N4O2/c1-7-10(6-20(19-7)13(15)16)8-2-4-9(5-3-8)11-12(21)18-14(22)17-11/h2-6,11,13H,1H3,(H2,17,18,21,22)/t11-/m1/s1. The molecule has 2 heterocycles. The van der Waals surface area contributed by atoms with E-state index in [0.29, 0.717) is 27.1 Å². The predicted molar refractivity (Wildman–Crippen MR) is 73.1 cm³/mol. The lowest BCUT2D eigenvalue weighted by Gasteiger charge is -2.08. The van der Waals surface area contributed by atoms with Crippen molar-refractivity contribution < 1.29 is 18.4 Å². The summed E-state index contributed by atoms with van der Waals surface area (Å²) in [4.78, 5) is 22.7. The SMILES string of the molecule is Cc1nn(C(F)F)cc1-c1ccc([C@H]2NC(=O)NC2=O)cc1. The van der Waals surface area contributed by atoms with Gasteiger partial charge in [-0.05, 0) is 18.1 Å². The molecule has 0 spiro atoms. The van der Waals surface area contributed by atoms with Crippen LogP contribution >= 0.6 is 0 Å². The molecule has 2 N–H and O–H groups in total. The van der Waals surface area contributed by atoms with Crippen LogP contribution in [0.4, 0.5) is 13.6 Å². The Balaban J connectivity index is 1.88. The zero-order chi connectivity index (χ0) is 15.9. The van der Waals surface area contributed by atoms with Crippen LogP contribution in [0.1, 0.15) is 23.8 Å². The number of hydrogen-bond donors (Lipinski definition) is 2. The molecule has 1 aliphatic rings. The number of rotatable bonds is 3. The van der Waals surface area contributed by atoms with Gasteiger partial charge in [-0.25, -0.2) is 9.48 Å². The van der Waals surface area contributed by atoms with Crippen molar-refractivity contribution >= 4 is 11.9 Å². The first-order valence-corrected chi connectivity index (χ1v) is 6.51. The molecule has 3 rings (SSSR count). The number of hydrogen-bond acceptors (Lipinski definition) is 3. The molecular weight excluding hydrogens is 294 g/mol. The van der Waals surface area contributed by atoms with E-state index in [4.69, 9.17) is 0 Å². The lowest BCUT2D eigenvalue weighted by Crippen LogP contribution is -2.22. The number of urea groups is 1. The van der Waals surface area contributed by atoms with Crippen LogP contribution in [0.15, 0.2) is 30.5 Å². The number of carbonyl (C=O) groups excluding carboxylic acids is 2. The number of aryl methyl sites for hydroxylation is 1. The number of carbonyl (C=O) groups is 2. The van der Waals surface area contributed by atoms with E-state index in [9.17, 15) is 18.4 Å². The van der Waals surface area contributed by atoms with Crippen molar-refractivity contribution in [1.29, 1.82) is 0 Å². The average Bonchev–Trinajstić information content (AvgIpc) is 3.02. The van der Waals surface area contributed by atoms with E-state index in [1.54, 1.807) is 31.2 Å². The zero-order valence-corrected chi connectivity index (χ0v) is 11.5. The van der Waals surface area contributed by atoms with Crippen LogP contribution in [0.5, 0.6) is 0 Å². The summed E-state index contributed by atoms with van der Waals surface area (Å²) in [5.41, 5.74) is 2.40. The van der Waals surface area contributed by atoms with Crippen LogP contribution in [0.2, 0.25) is 0 Å². The van der Waals surface area contributed by atoms with E-state index >= 15 is 0 Å². The summed E-state index contributed by atoms with van der Waals surface area (Å²) in [6.07, 6.45) is 1.28. The number of benzene rings is 1. The van der Waals surface area contributed by atoms with Gasteiger partial charge in [-0.2, -0.15) is 13.9 Å². The fourth-order valence-electron chi connectivity index (χ4n) is 2.37. The van der Waals surface area contributed by atoms with Crippen molar-refractivity contribution in [2.24, 2.45) is 0 Å². The summed E-state index contributed by atoms with van der Waals surface area (Å²) in [5, 5.41) is 8.40. The second-order valence-electron chi connectivity index (χ2n) is 4.90. The van der Waals surface area contributed by atoms with E-state index in [2.05, 4.69) is 15.7 Å². The van der Waals surface area contributed by atoms with Crippen LogP contribution in [0, 0.1) is 6.92 Å². The quantitative estimate of drug-likeness (QED) is 0.853. The minimum Gasteiger partial charge on any atom is -0.322 e. The number of halogens is 2. The third kappa shape index (κ3) is 2.43. The van der Waals surface area contributed by atoms with Gasteiger partial charge in [0.05, 0.1) is 5.69 Å². The third-order valence-corrected chi connectivity index (χ3v) is 3.45. The van der Waals surface area contributed by atoms with Gasteiger partial charge >= 0.3 is 12.6 Å². The maximum absolute atomic E-state index is 12.6. The monoisotopic (exact) mass is 306 g/mol. The lowest BCUT2D eigenvalue weighted by atomic mass is 10.0. The smallest absolute Gasteiger partial charge is 0.322 e. The van der Waals surface area contributed by atoms with Gasteiger partial charge in [0.15, 0.2) is 0 Å². The number of nitrogens with one attached hydrogen (secondary N) is 2. The van der Waals surface area contributed by atoms with E-state index in [1.165, 1.54) is 6.20 Å². The molecule has 1 saturated heterocycles. The van der Waals surface area contributed by atoms with E-state index < -0.39 is 24.5 Å². The van der Waals surface area contributed by atoms with Gasteiger partial charge in [-0.15, -0.1) is 0 Å². The van der Waals surface area contributed by atoms with Crippen molar-refractivity contribution in [2.75, 3.05) is 0 Å². The van der Waals surface area contributed by atoms with Gasteiger partial charge in [0.1, 0.15) is 6.04 Å². The molecule has 0 bridgehead atoms. The molecular formula is C14H12F2N4O2. The molecule has 2 aromatic rings. The fourth-order valence-corrected chi connectivity index (χ4v) is 2.37. The Morgan fingerprint density at radius 2 is 1.91 bits per heavy atom. The Morgan fingerprint density at radius 1 is 1.23 bits per heavy atom. The minimum absolute atomic E-state index is 0.417. The van der Waals surface area contributed by atoms with Crippen molar-refractivity contribution in [3.63, 3.8) is 0 Å². The molecule has 1 atom stereocenters. The largest absolute Gasteiger partial charge is 0.333 e. The predicted octanol–water partition coefficient (Wildman–Crippen LogP) is 2.13. The molecule has 8 heteroatoms. The summed E-state index contributed by atoms with van der Waals surface area (Å²) in [5.74, 6) is -0.417. The Morgan fingerprint density at radius 3 is 2.41 bits per heavy atom. The Hall–Kier alpha value is -2.77. The summed E-state index contributed by atoms with van der Waals surface area (Å²) in [6.45, 7) is -1.05. The topological polar surface area (TPSA) is 76.0 Å². The second-order valence-corrected chi connectivity index (χ2v) is 4.90. The van der Waals surface area contributed by atoms with E-state index in [0.717, 1.165) is 0 Å². The summed E-state index contributed by atoms with van der Waals surface area (Å²) in [7, 11) is 0. The molecule has 3 amide bonds. The average molecular weight is 306 g/mol. The molecule has 1 fully saturated rings. The van der Waals surface area contributed by atoms with Crippen LogP contribution in [0.25, 0.3) is 11.1 Å². The number of nitrogens with zero attached hydrogens (tertiary/aromatic N) is 2. The number of imide groups is 1. The Bertz CT molecular complexity index is 740. The third-order valence-electron chi connectivity index (χ3n) is 3.45. The highest BCUT2D eigenvalue weighted by molar-refractivity contribution is 6.04. The normalized spacial score (nSPS) is 17.7. The molecule has 6 nitrogen and oxygen atoms in total. The number of aromatic nitrogens is 2. The Kier molecular flexibility index (Phi) is 3.36. The maximum atomic E-state index is 12.6. The molecule has 0 saturated carbocycles. The fraction of sp³-hybridized carbons (Fsp3) is 0.214. The minimum atomic E-state index is -2.69. The van der Waals surface area contributed by atoms with E-state index in [-0.39, 0.29) is 0 Å². The van der Waals surface area contributed by atoms with Gasteiger partial charge < -0.3 is 5.32 Å². The molecule has 0 unspecified atom stereocenters. The molecule has 1 aromatic heterocycles. The molecule has 1 aliphatic heterocycles. The van der Waals surface area contributed by atoms with Crippen molar-refractivity contribution in [3.05, 3.63) is 41.7 Å². The first kappa shape index (κ1) is 14.2. The highest BCUT2D eigenvalue weighted by Gasteiger charge is 2.30. The molecule has 1 aromatic carbocycles. The van der Waals surface area contributed by atoms with Gasteiger partial charge in [0.2, 0.25) is 0 Å². The summed E-state index contributed by atoms with van der Waals surface area (Å²) >= 11 is 0. The van der Waals surface area contributed by atoms with Crippen LogP contribution < -0.4 is 10.6 Å². The van der Waals surface area contributed by atoms with E-state index in [1.807, 2.05) is 0 Å². The van der Waals surface area contributed by atoms with Crippen LogP contribution in [-0.4, -0.2) is 21.7 Å². The summed E-state index contributed by atoms with van der Waals surface area (Å²) in [6, 6.07) is 5.48. The first-order chi connectivity index (χ1) is 10.5. The highest BCUT2D eigenvalue weighted by Crippen LogP contribution is 2.26. The maximum Gasteiger partial charge on any atom is 0.333 e. The van der Waals surface area contributed by atoms with Crippen molar-refractivity contribution in [2.45, 2.75) is 19.5 Å². The van der Waals surface area contributed by atoms with Crippen LogP contribution in [-0.2, 0) is 4.79 Å². The summed E-state index contributed by atoms with van der Waals surface area (Å²) < 4.78 is 25.9. The highest BCUT2D eigenvalue weighted by atomic mass is 19.3. The van der Waals surface area contributed by atoms with Gasteiger partial charge in [-0.1, -0.05) is 24.3 Å². The first-order valence-electron chi connectivity index (χ1n) is 6.51. The van der Waals surface area contributed by atoms with Gasteiger partial charge in [-0.3, -0.25) is 10.1 Å². The zero-order valence-electron chi connectivity index (χ0n) is 11.5. The molecule has 114 valence electrons. The number of alkyl halides is 2.